The number of nitrogens with one attached hydrogen (secondary N) is 1. The van der Waals surface area contributed by atoms with E-state index in [1.807, 2.05) is 42.6 Å². The maximum atomic E-state index is 12.2. The minimum absolute atomic E-state index is 0.0124. The molecule has 0 unspecified atom stereocenters. The number of aryl methyl sites for hydroxylation is 1. The standard InChI is InChI=1S/C16H14N2O2S/c1-11-2-4-12(5-3-11)17-15(19)10-18-8-6-14-13(16(18)20)7-9-21-14/h2-9H,10H2,1H3,(H,17,19). The zero-order valence-corrected chi connectivity index (χ0v) is 12.3. The number of benzene rings is 1. The van der Waals surface area contributed by atoms with Crippen LogP contribution in [0.25, 0.3) is 10.1 Å². The molecular weight excluding hydrogens is 284 g/mol. The number of carbonyl (C=O) groups excluding carboxylic acids is 1. The van der Waals surface area contributed by atoms with Gasteiger partial charge in [-0.3, -0.25) is 9.59 Å². The Hall–Kier alpha value is -2.40. The van der Waals surface area contributed by atoms with Gasteiger partial charge in [0.25, 0.3) is 5.56 Å². The third-order valence-electron chi connectivity index (χ3n) is 3.24. The summed E-state index contributed by atoms with van der Waals surface area (Å²) >= 11 is 1.52. The summed E-state index contributed by atoms with van der Waals surface area (Å²) < 4.78 is 2.37. The number of anilines is 1. The quantitative estimate of drug-likeness (QED) is 0.808. The average Bonchev–Trinajstić information content (AvgIpc) is 2.94. The molecule has 2 heterocycles. The van der Waals surface area contributed by atoms with Crippen molar-refractivity contribution in [2.45, 2.75) is 13.5 Å². The summed E-state index contributed by atoms with van der Waals surface area (Å²) in [4.78, 5) is 24.2. The van der Waals surface area contributed by atoms with Crippen LogP contribution in [0.15, 0.2) is 52.8 Å². The molecule has 0 saturated heterocycles. The molecule has 5 heteroatoms. The van der Waals surface area contributed by atoms with E-state index in [-0.39, 0.29) is 18.0 Å². The summed E-state index contributed by atoms with van der Waals surface area (Å²) in [6.45, 7) is 2.00. The van der Waals surface area contributed by atoms with Crippen LogP contribution in [0, 0.1) is 6.92 Å². The lowest BCUT2D eigenvalue weighted by Crippen LogP contribution is -2.26. The van der Waals surface area contributed by atoms with Crippen molar-refractivity contribution in [2.75, 3.05) is 5.32 Å². The molecule has 106 valence electrons. The molecule has 0 aliphatic rings. The molecule has 0 aliphatic carbocycles. The smallest absolute Gasteiger partial charge is 0.259 e. The predicted molar refractivity (Wildman–Crippen MR) is 85.9 cm³/mol. The van der Waals surface area contributed by atoms with Crippen molar-refractivity contribution in [3.8, 4) is 0 Å². The Morgan fingerprint density at radius 1 is 1.19 bits per heavy atom. The van der Waals surface area contributed by atoms with Gasteiger partial charge in [0.2, 0.25) is 5.91 Å². The molecule has 0 aliphatic heterocycles. The molecule has 0 radical (unpaired) electrons. The molecule has 4 nitrogen and oxygen atoms in total. The van der Waals surface area contributed by atoms with Crippen molar-refractivity contribution < 1.29 is 4.79 Å². The third kappa shape index (κ3) is 2.87. The monoisotopic (exact) mass is 298 g/mol. The molecular formula is C16H14N2O2S. The molecule has 1 amide bonds. The van der Waals surface area contributed by atoms with Crippen LogP contribution in [-0.4, -0.2) is 10.5 Å². The van der Waals surface area contributed by atoms with Gasteiger partial charge in [-0.05, 0) is 36.6 Å². The van der Waals surface area contributed by atoms with Crippen LogP contribution >= 0.6 is 11.3 Å². The summed E-state index contributed by atoms with van der Waals surface area (Å²) in [6, 6.07) is 11.2. The van der Waals surface area contributed by atoms with Gasteiger partial charge < -0.3 is 9.88 Å². The van der Waals surface area contributed by atoms with Crippen molar-refractivity contribution in [1.29, 1.82) is 0 Å². The molecule has 21 heavy (non-hydrogen) atoms. The summed E-state index contributed by atoms with van der Waals surface area (Å²) in [7, 11) is 0. The fraction of sp³-hybridized carbons (Fsp3) is 0.125. The topological polar surface area (TPSA) is 51.1 Å². The van der Waals surface area contributed by atoms with Crippen LogP contribution in [0.5, 0.6) is 0 Å². The highest BCUT2D eigenvalue weighted by atomic mass is 32.1. The second-order valence-electron chi connectivity index (χ2n) is 4.86. The van der Waals surface area contributed by atoms with Gasteiger partial charge in [-0.15, -0.1) is 11.3 Å². The lowest BCUT2D eigenvalue weighted by atomic mass is 10.2. The van der Waals surface area contributed by atoms with E-state index in [1.54, 1.807) is 12.3 Å². The number of hydrogen-bond donors (Lipinski definition) is 1. The Labute approximate surface area is 125 Å². The molecule has 0 saturated carbocycles. The van der Waals surface area contributed by atoms with Crippen LogP contribution in [-0.2, 0) is 11.3 Å². The number of nitrogens with zero attached hydrogens (tertiary/aromatic N) is 1. The number of fused-ring (bicyclic) bond motifs is 1. The minimum Gasteiger partial charge on any atom is -0.325 e. The number of amides is 1. The van der Waals surface area contributed by atoms with E-state index < -0.39 is 0 Å². The Kier molecular flexibility index (Phi) is 3.58. The lowest BCUT2D eigenvalue weighted by molar-refractivity contribution is -0.116. The van der Waals surface area contributed by atoms with Gasteiger partial charge in [-0.1, -0.05) is 17.7 Å². The Morgan fingerprint density at radius 2 is 1.95 bits per heavy atom. The average molecular weight is 298 g/mol. The SMILES string of the molecule is Cc1ccc(NC(=O)Cn2ccc3sccc3c2=O)cc1. The number of thiophene rings is 1. The summed E-state index contributed by atoms with van der Waals surface area (Å²) in [6.07, 6.45) is 1.66. The third-order valence-corrected chi connectivity index (χ3v) is 4.12. The highest BCUT2D eigenvalue weighted by Crippen LogP contribution is 2.16. The van der Waals surface area contributed by atoms with Gasteiger partial charge in [0.05, 0.1) is 5.39 Å². The van der Waals surface area contributed by atoms with Gasteiger partial charge in [0.1, 0.15) is 6.54 Å². The van der Waals surface area contributed by atoms with Crippen LogP contribution < -0.4 is 10.9 Å². The zero-order chi connectivity index (χ0) is 14.8. The largest absolute Gasteiger partial charge is 0.325 e. The maximum absolute atomic E-state index is 12.2. The maximum Gasteiger partial charge on any atom is 0.259 e. The molecule has 3 rings (SSSR count). The zero-order valence-electron chi connectivity index (χ0n) is 11.5. The molecule has 1 aromatic carbocycles. The first-order valence-corrected chi connectivity index (χ1v) is 7.44. The summed E-state index contributed by atoms with van der Waals surface area (Å²) in [5.74, 6) is -0.212. The fourth-order valence-electron chi connectivity index (χ4n) is 2.12. The van der Waals surface area contributed by atoms with E-state index in [0.29, 0.717) is 5.39 Å². The number of rotatable bonds is 3. The number of pyridine rings is 1. The van der Waals surface area contributed by atoms with Crippen molar-refractivity contribution in [2.24, 2.45) is 0 Å². The Bertz CT molecular complexity index is 847. The van der Waals surface area contributed by atoms with Crippen LogP contribution in [0.3, 0.4) is 0 Å². The molecule has 1 N–H and O–H groups in total. The Morgan fingerprint density at radius 3 is 2.71 bits per heavy atom. The van der Waals surface area contributed by atoms with E-state index in [4.69, 9.17) is 0 Å². The number of hydrogen-bond acceptors (Lipinski definition) is 3. The fourth-order valence-corrected chi connectivity index (χ4v) is 2.90. The minimum atomic E-state index is -0.212. The van der Waals surface area contributed by atoms with E-state index in [9.17, 15) is 9.59 Å². The normalized spacial score (nSPS) is 10.7. The summed E-state index contributed by atoms with van der Waals surface area (Å²) in [5, 5.41) is 5.33. The first-order chi connectivity index (χ1) is 10.1. The van der Waals surface area contributed by atoms with Gasteiger partial charge >= 0.3 is 0 Å². The van der Waals surface area contributed by atoms with Crippen molar-refractivity contribution in [3.05, 3.63) is 63.9 Å². The second kappa shape index (κ2) is 5.54. The molecule has 0 atom stereocenters. The Balaban J connectivity index is 1.78. The second-order valence-corrected chi connectivity index (χ2v) is 5.81. The van der Waals surface area contributed by atoms with Gasteiger partial charge in [0, 0.05) is 16.6 Å². The summed E-state index contributed by atoms with van der Waals surface area (Å²) in [5.41, 5.74) is 1.73. The van der Waals surface area contributed by atoms with Crippen molar-refractivity contribution in [1.82, 2.24) is 4.57 Å². The van der Waals surface area contributed by atoms with Crippen LogP contribution in [0.1, 0.15) is 5.56 Å². The van der Waals surface area contributed by atoms with E-state index in [0.717, 1.165) is 16.0 Å². The first kappa shape index (κ1) is 13.6. The van der Waals surface area contributed by atoms with Gasteiger partial charge in [-0.2, -0.15) is 0 Å². The highest BCUT2D eigenvalue weighted by molar-refractivity contribution is 7.17. The highest BCUT2D eigenvalue weighted by Gasteiger charge is 2.08. The lowest BCUT2D eigenvalue weighted by Gasteiger charge is -2.07. The van der Waals surface area contributed by atoms with Gasteiger partial charge in [0.15, 0.2) is 0 Å². The van der Waals surface area contributed by atoms with Crippen molar-refractivity contribution in [3.63, 3.8) is 0 Å². The molecule has 0 bridgehead atoms. The van der Waals surface area contributed by atoms with E-state index >= 15 is 0 Å². The van der Waals surface area contributed by atoms with E-state index in [2.05, 4.69) is 5.32 Å². The van der Waals surface area contributed by atoms with Crippen LogP contribution in [0.2, 0.25) is 0 Å². The molecule has 3 aromatic rings. The van der Waals surface area contributed by atoms with Gasteiger partial charge in [-0.25, -0.2) is 0 Å². The van der Waals surface area contributed by atoms with Crippen molar-refractivity contribution >= 4 is 33.0 Å². The van der Waals surface area contributed by atoms with Crippen LogP contribution in [0.4, 0.5) is 5.69 Å². The molecule has 2 aromatic heterocycles. The first-order valence-electron chi connectivity index (χ1n) is 6.57. The molecule has 0 fully saturated rings. The number of aromatic nitrogens is 1. The molecule has 0 spiro atoms. The number of carbonyl (C=O) groups is 1. The predicted octanol–water partition coefficient (Wildman–Crippen LogP) is 3.01. The van der Waals surface area contributed by atoms with E-state index in [1.165, 1.54) is 15.9 Å².